The summed E-state index contributed by atoms with van der Waals surface area (Å²) in [5, 5.41) is 3.03. The van der Waals surface area contributed by atoms with Crippen LogP contribution in [-0.2, 0) is 4.79 Å². The second-order valence-electron chi connectivity index (χ2n) is 6.84. The average Bonchev–Trinajstić information content (AvgIpc) is 3.50. The van der Waals surface area contributed by atoms with E-state index < -0.39 is 0 Å². The maximum atomic E-state index is 12.7. The van der Waals surface area contributed by atoms with E-state index in [1.54, 1.807) is 38.5 Å². The number of nitrogens with one attached hydrogen (secondary N) is 1. The molecule has 6 nitrogen and oxygen atoms in total. The van der Waals surface area contributed by atoms with Crippen LogP contribution in [0.25, 0.3) is 0 Å². The zero-order valence-corrected chi connectivity index (χ0v) is 15.4. The number of likely N-dealkylation sites (tertiary alicyclic amines) is 1. The highest BCUT2D eigenvalue weighted by atomic mass is 16.5. The Morgan fingerprint density at radius 2 is 1.77 bits per heavy atom. The number of carbonyl (C=O) groups excluding carboxylic acids is 2. The van der Waals surface area contributed by atoms with Crippen LogP contribution in [0.2, 0.25) is 0 Å². The number of benzene rings is 1. The number of hydrogen-bond donors (Lipinski definition) is 1. The maximum absolute atomic E-state index is 12.7. The number of nitrogens with zero attached hydrogens (tertiary/aromatic N) is 1. The van der Waals surface area contributed by atoms with Crippen LogP contribution in [0.3, 0.4) is 0 Å². The molecule has 0 unspecified atom stereocenters. The molecule has 0 radical (unpaired) electrons. The van der Waals surface area contributed by atoms with Gasteiger partial charge in [0.1, 0.15) is 0 Å². The van der Waals surface area contributed by atoms with Crippen molar-refractivity contribution in [2.45, 2.75) is 31.7 Å². The van der Waals surface area contributed by atoms with E-state index in [0.717, 1.165) is 12.8 Å². The lowest BCUT2D eigenvalue weighted by Crippen LogP contribution is -2.46. The van der Waals surface area contributed by atoms with Crippen molar-refractivity contribution in [2.24, 2.45) is 5.92 Å². The molecule has 6 heteroatoms. The molecule has 2 aliphatic rings. The highest BCUT2D eigenvalue weighted by molar-refractivity contribution is 5.95. The minimum Gasteiger partial charge on any atom is -0.493 e. The number of rotatable bonds is 6. The molecule has 1 aromatic rings. The fraction of sp³-hybridized carbons (Fsp3) is 0.500. The largest absolute Gasteiger partial charge is 0.493 e. The minimum absolute atomic E-state index is 0.0237. The molecule has 1 aromatic carbocycles. The lowest BCUT2D eigenvalue weighted by molar-refractivity contribution is -0.117. The van der Waals surface area contributed by atoms with E-state index in [0.29, 0.717) is 36.1 Å². The van der Waals surface area contributed by atoms with Gasteiger partial charge in [-0.1, -0.05) is 6.08 Å². The first-order valence-electron chi connectivity index (χ1n) is 9.10. The molecule has 140 valence electrons. The number of piperidine rings is 1. The highest BCUT2D eigenvalue weighted by Gasteiger charge is 2.25. The third-order valence-electron chi connectivity index (χ3n) is 4.90. The van der Waals surface area contributed by atoms with Gasteiger partial charge in [0.15, 0.2) is 11.5 Å². The Kier molecular flexibility index (Phi) is 5.81. The summed E-state index contributed by atoms with van der Waals surface area (Å²) in [5.74, 6) is 1.69. The van der Waals surface area contributed by atoms with Crippen molar-refractivity contribution >= 4 is 11.8 Å². The van der Waals surface area contributed by atoms with Crippen LogP contribution in [0.5, 0.6) is 11.5 Å². The van der Waals surface area contributed by atoms with Crippen molar-refractivity contribution in [3.8, 4) is 11.5 Å². The Labute approximate surface area is 154 Å². The maximum Gasteiger partial charge on any atom is 0.253 e. The summed E-state index contributed by atoms with van der Waals surface area (Å²) in [7, 11) is 3.12. The van der Waals surface area contributed by atoms with Gasteiger partial charge in [-0.25, -0.2) is 0 Å². The Bertz CT molecular complexity index is 689. The molecule has 0 spiro atoms. The van der Waals surface area contributed by atoms with Crippen molar-refractivity contribution in [2.75, 3.05) is 27.3 Å². The first kappa shape index (κ1) is 18.3. The van der Waals surface area contributed by atoms with E-state index >= 15 is 0 Å². The standard InChI is InChI=1S/C20H26N2O4/c1-25-17-7-6-15(13-18(17)26-2)20(24)22-11-9-16(10-12-22)21-19(23)8-5-14-3-4-14/h5-8,13-14,16H,3-4,9-12H2,1-2H3,(H,21,23)/b8-5+. The quantitative estimate of drug-likeness (QED) is 0.793. The highest BCUT2D eigenvalue weighted by Crippen LogP contribution is 2.30. The first-order valence-corrected chi connectivity index (χ1v) is 9.10. The predicted octanol–water partition coefficient (Wildman–Crippen LogP) is 2.39. The van der Waals surface area contributed by atoms with Crippen molar-refractivity contribution in [3.63, 3.8) is 0 Å². The lowest BCUT2D eigenvalue weighted by Gasteiger charge is -2.32. The van der Waals surface area contributed by atoms with Gasteiger partial charge in [-0.05, 0) is 55.9 Å². The van der Waals surface area contributed by atoms with Crippen molar-refractivity contribution in [3.05, 3.63) is 35.9 Å². The number of amides is 2. The summed E-state index contributed by atoms with van der Waals surface area (Å²) in [5.41, 5.74) is 0.581. The van der Waals surface area contributed by atoms with Gasteiger partial charge < -0.3 is 19.7 Å². The van der Waals surface area contributed by atoms with Crippen LogP contribution in [-0.4, -0.2) is 50.1 Å². The molecule has 0 aromatic heterocycles. The lowest BCUT2D eigenvalue weighted by atomic mass is 10.0. The molecule has 1 aliphatic carbocycles. The van der Waals surface area contributed by atoms with Crippen molar-refractivity contribution in [1.82, 2.24) is 10.2 Å². The monoisotopic (exact) mass is 358 g/mol. The van der Waals surface area contributed by atoms with E-state index in [-0.39, 0.29) is 17.9 Å². The molecule has 3 rings (SSSR count). The van der Waals surface area contributed by atoms with Gasteiger partial charge in [-0.2, -0.15) is 0 Å². The molecule has 1 saturated heterocycles. The summed E-state index contributed by atoms with van der Waals surface area (Å²) in [4.78, 5) is 26.4. The van der Waals surface area contributed by atoms with Gasteiger partial charge in [0.05, 0.1) is 14.2 Å². The molecular weight excluding hydrogens is 332 g/mol. The molecule has 1 heterocycles. The number of hydrogen-bond acceptors (Lipinski definition) is 4. The molecule has 1 saturated carbocycles. The summed E-state index contributed by atoms with van der Waals surface area (Å²) >= 11 is 0. The van der Waals surface area contributed by atoms with Crippen LogP contribution in [0.15, 0.2) is 30.4 Å². The van der Waals surface area contributed by atoms with Crippen LogP contribution in [0.4, 0.5) is 0 Å². The second-order valence-corrected chi connectivity index (χ2v) is 6.84. The Morgan fingerprint density at radius 1 is 1.08 bits per heavy atom. The van der Waals surface area contributed by atoms with E-state index in [2.05, 4.69) is 5.32 Å². The molecule has 1 aliphatic heterocycles. The Morgan fingerprint density at radius 3 is 2.38 bits per heavy atom. The molecule has 2 fully saturated rings. The van der Waals surface area contributed by atoms with Gasteiger partial charge in [0.2, 0.25) is 5.91 Å². The van der Waals surface area contributed by atoms with Crippen molar-refractivity contribution in [1.29, 1.82) is 0 Å². The fourth-order valence-electron chi connectivity index (χ4n) is 3.14. The van der Waals surface area contributed by atoms with Gasteiger partial charge in [-0.3, -0.25) is 9.59 Å². The number of methoxy groups -OCH3 is 2. The van der Waals surface area contributed by atoms with Gasteiger partial charge >= 0.3 is 0 Å². The molecule has 0 atom stereocenters. The summed E-state index contributed by atoms with van der Waals surface area (Å²) in [6, 6.07) is 5.32. The summed E-state index contributed by atoms with van der Waals surface area (Å²) in [6.45, 7) is 1.26. The van der Waals surface area contributed by atoms with E-state index in [9.17, 15) is 9.59 Å². The fourth-order valence-corrected chi connectivity index (χ4v) is 3.14. The third-order valence-corrected chi connectivity index (χ3v) is 4.90. The predicted molar refractivity (Wildman–Crippen MR) is 98.5 cm³/mol. The molecular formula is C20H26N2O4. The number of ether oxygens (including phenoxy) is 2. The first-order chi connectivity index (χ1) is 12.6. The van der Waals surface area contributed by atoms with Crippen LogP contribution in [0.1, 0.15) is 36.0 Å². The Balaban J connectivity index is 1.52. The minimum atomic E-state index is -0.0263. The normalized spacial score (nSPS) is 18.0. The SMILES string of the molecule is COc1ccc(C(=O)N2CCC(NC(=O)/C=C/C3CC3)CC2)cc1OC. The summed E-state index contributed by atoms with van der Waals surface area (Å²) in [6.07, 6.45) is 7.56. The number of carbonyl (C=O) groups is 2. The van der Waals surface area contributed by atoms with Gasteiger partial charge in [0.25, 0.3) is 5.91 Å². The third kappa shape index (κ3) is 4.56. The average molecular weight is 358 g/mol. The van der Waals surface area contributed by atoms with E-state index in [1.807, 2.05) is 11.0 Å². The van der Waals surface area contributed by atoms with E-state index in [4.69, 9.17) is 9.47 Å². The van der Waals surface area contributed by atoms with Crippen LogP contribution < -0.4 is 14.8 Å². The molecule has 26 heavy (non-hydrogen) atoms. The smallest absolute Gasteiger partial charge is 0.253 e. The van der Waals surface area contributed by atoms with Gasteiger partial charge in [-0.15, -0.1) is 0 Å². The molecule has 2 amide bonds. The summed E-state index contributed by atoms with van der Waals surface area (Å²) < 4.78 is 10.5. The van der Waals surface area contributed by atoms with Crippen LogP contribution >= 0.6 is 0 Å². The Hall–Kier alpha value is -2.50. The second kappa shape index (κ2) is 8.25. The zero-order valence-electron chi connectivity index (χ0n) is 15.4. The topological polar surface area (TPSA) is 67.9 Å². The van der Waals surface area contributed by atoms with Crippen LogP contribution in [0, 0.1) is 5.92 Å². The van der Waals surface area contributed by atoms with E-state index in [1.165, 1.54) is 12.8 Å². The molecule has 0 bridgehead atoms. The van der Waals surface area contributed by atoms with Gasteiger partial charge in [0, 0.05) is 24.7 Å². The molecule has 1 N–H and O–H groups in total. The van der Waals surface area contributed by atoms with Crippen molar-refractivity contribution < 1.29 is 19.1 Å². The number of allylic oxidation sites excluding steroid dienone is 1. The zero-order chi connectivity index (χ0) is 18.5.